The van der Waals surface area contributed by atoms with E-state index < -0.39 is 5.97 Å². The third-order valence-corrected chi connectivity index (χ3v) is 3.12. The van der Waals surface area contributed by atoms with Crippen molar-refractivity contribution >= 4 is 27.8 Å². The van der Waals surface area contributed by atoms with Gasteiger partial charge in [-0.15, -0.1) is 0 Å². The average molecular weight is 255 g/mol. The van der Waals surface area contributed by atoms with Gasteiger partial charge in [-0.3, -0.25) is 0 Å². The lowest BCUT2D eigenvalue weighted by molar-refractivity contribution is 0.0523. The maximum atomic E-state index is 11.8. The van der Waals surface area contributed by atoms with Crippen molar-refractivity contribution in [3.8, 4) is 5.75 Å². The van der Waals surface area contributed by atoms with Crippen LogP contribution in [0.3, 0.4) is 0 Å². The molecule has 0 saturated heterocycles. The van der Waals surface area contributed by atoms with E-state index in [2.05, 4.69) is 4.98 Å². The molecule has 0 bridgehead atoms. The van der Waals surface area contributed by atoms with Crippen molar-refractivity contribution in [3.05, 3.63) is 42.0 Å². The van der Waals surface area contributed by atoms with Crippen molar-refractivity contribution < 1.29 is 14.6 Å². The number of carbonyl (C=O) groups is 1. The molecule has 0 radical (unpaired) electrons. The fraction of sp³-hybridized carbons (Fsp3) is 0.133. The number of H-pyrrole nitrogens is 1. The predicted molar refractivity (Wildman–Crippen MR) is 73.4 cm³/mol. The highest BCUT2D eigenvalue weighted by Crippen LogP contribution is 2.31. The van der Waals surface area contributed by atoms with Gasteiger partial charge in [0.15, 0.2) is 0 Å². The van der Waals surface area contributed by atoms with Crippen LogP contribution in [-0.2, 0) is 4.74 Å². The summed E-state index contributed by atoms with van der Waals surface area (Å²) in [4.78, 5) is 15.0. The number of fused-ring (bicyclic) bond motifs is 3. The molecule has 4 nitrogen and oxygen atoms in total. The van der Waals surface area contributed by atoms with Gasteiger partial charge in [-0.1, -0.05) is 18.2 Å². The molecule has 19 heavy (non-hydrogen) atoms. The highest BCUT2D eigenvalue weighted by Gasteiger charge is 2.15. The molecule has 0 atom stereocenters. The number of nitrogens with one attached hydrogen (secondary N) is 1. The number of aromatic nitrogens is 1. The van der Waals surface area contributed by atoms with Crippen LogP contribution in [0.5, 0.6) is 5.75 Å². The fourth-order valence-electron chi connectivity index (χ4n) is 2.26. The van der Waals surface area contributed by atoms with Gasteiger partial charge in [0, 0.05) is 22.4 Å². The number of benzene rings is 2. The summed E-state index contributed by atoms with van der Waals surface area (Å²) >= 11 is 0. The Balaban J connectivity index is 2.28. The van der Waals surface area contributed by atoms with Gasteiger partial charge < -0.3 is 14.8 Å². The molecule has 4 heteroatoms. The lowest BCUT2D eigenvalue weighted by Crippen LogP contribution is -2.04. The maximum absolute atomic E-state index is 11.8. The van der Waals surface area contributed by atoms with Crippen LogP contribution in [0.1, 0.15) is 17.3 Å². The van der Waals surface area contributed by atoms with E-state index in [1.54, 1.807) is 19.1 Å². The molecule has 0 saturated carbocycles. The third kappa shape index (κ3) is 1.81. The van der Waals surface area contributed by atoms with Crippen LogP contribution in [0.4, 0.5) is 0 Å². The van der Waals surface area contributed by atoms with Gasteiger partial charge in [0.05, 0.1) is 12.1 Å². The fourth-order valence-corrected chi connectivity index (χ4v) is 2.26. The van der Waals surface area contributed by atoms with Crippen molar-refractivity contribution in [3.63, 3.8) is 0 Å². The molecule has 1 aromatic heterocycles. The van der Waals surface area contributed by atoms with E-state index in [1.807, 2.05) is 24.3 Å². The normalized spacial score (nSPS) is 11.0. The first-order valence-electron chi connectivity index (χ1n) is 6.11. The van der Waals surface area contributed by atoms with Crippen LogP contribution in [-0.4, -0.2) is 22.7 Å². The van der Waals surface area contributed by atoms with E-state index in [0.717, 1.165) is 21.8 Å². The highest BCUT2D eigenvalue weighted by molar-refractivity contribution is 6.10. The first-order valence-corrected chi connectivity index (χ1v) is 6.11. The number of carbonyl (C=O) groups excluding carboxylic acids is 1. The second-order valence-electron chi connectivity index (χ2n) is 4.31. The van der Waals surface area contributed by atoms with Crippen molar-refractivity contribution in [1.82, 2.24) is 4.98 Å². The van der Waals surface area contributed by atoms with E-state index in [9.17, 15) is 9.90 Å². The molecule has 0 spiro atoms. The van der Waals surface area contributed by atoms with Gasteiger partial charge in [-0.05, 0) is 19.1 Å². The van der Waals surface area contributed by atoms with Crippen LogP contribution < -0.4 is 0 Å². The second kappa shape index (κ2) is 4.31. The molecule has 0 aliphatic heterocycles. The number of aromatic hydroxyl groups is 1. The molecule has 96 valence electrons. The smallest absolute Gasteiger partial charge is 0.341 e. The number of aromatic amines is 1. The summed E-state index contributed by atoms with van der Waals surface area (Å²) in [6.45, 7) is 2.02. The molecule has 0 unspecified atom stereocenters. The molecule has 1 heterocycles. The Bertz CT molecular complexity index is 774. The Morgan fingerprint density at radius 1 is 1.21 bits per heavy atom. The van der Waals surface area contributed by atoms with E-state index in [1.165, 1.54) is 0 Å². The number of rotatable bonds is 2. The van der Waals surface area contributed by atoms with Crippen LogP contribution in [0.2, 0.25) is 0 Å². The quantitative estimate of drug-likeness (QED) is 0.691. The molecule has 3 aromatic rings. The van der Waals surface area contributed by atoms with Gasteiger partial charge >= 0.3 is 5.97 Å². The van der Waals surface area contributed by atoms with E-state index >= 15 is 0 Å². The topological polar surface area (TPSA) is 62.3 Å². The predicted octanol–water partition coefficient (Wildman–Crippen LogP) is 3.20. The molecule has 2 N–H and O–H groups in total. The Kier molecular flexibility index (Phi) is 2.63. The molecule has 0 fully saturated rings. The Morgan fingerprint density at radius 3 is 2.79 bits per heavy atom. The van der Waals surface area contributed by atoms with Gasteiger partial charge in [0.2, 0.25) is 0 Å². The lowest BCUT2D eigenvalue weighted by atomic mass is 10.1. The summed E-state index contributed by atoms with van der Waals surface area (Å²) in [5, 5.41) is 11.8. The molecule has 0 aliphatic carbocycles. The Labute approximate surface area is 109 Å². The summed E-state index contributed by atoms with van der Waals surface area (Å²) in [6.07, 6.45) is 0. The second-order valence-corrected chi connectivity index (χ2v) is 4.31. The zero-order valence-electron chi connectivity index (χ0n) is 10.4. The number of phenolic OH excluding ortho intramolecular Hbond substituents is 1. The molecular weight excluding hydrogens is 242 g/mol. The largest absolute Gasteiger partial charge is 0.507 e. The van der Waals surface area contributed by atoms with E-state index in [-0.39, 0.29) is 17.9 Å². The zero-order chi connectivity index (χ0) is 13.4. The summed E-state index contributed by atoms with van der Waals surface area (Å²) in [7, 11) is 0. The first-order chi connectivity index (χ1) is 9.20. The van der Waals surface area contributed by atoms with Crippen molar-refractivity contribution in [2.75, 3.05) is 6.61 Å². The summed E-state index contributed by atoms with van der Waals surface area (Å²) < 4.78 is 4.94. The van der Waals surface area contributed by atoms with E-state index in [4.69, 9.17) is 4.74 Å². The number of hydrogen-bond acceptors (Lipinski definition) is 3. The van der Waals surface area contributed by atoms with Crippen LogP contribution in [0, 0.1) is 0 Å². The molecule has 2 aromatic carbocycles. The molecular formula is C15H13NO3. The molecule has 0 amide bonds. The Morgan fingerprint density at radius 2 is 2.00 bits per heavy atom. The summed E-state index contributed by atoms with van der Waals surface area (Å²) in [6, 6.07) is 11.0. The van der Waals surface area contributed by atoms with Crippen molar-refractivity contribution in [2.24, 2.45) is 0 Å². The third-order valence-electron chi connectivity index (χ3n) is 3.12. The number of para-hydroxylation sites is 1. The minimum atomic E-state index is -0.507. The van der Waals surface area contributed by atoms with Crippen LogP contribution >= 0.6 is 0 Å². The molecule has 0 aliphatic rings. The Hall–Kier alpha value is -2.49. The minimum absolute atomic E-state index is 0.0718. The van der Waals surface area contributed by atoms with Gasteiger partial charge in [-0.25, -0.2) is 4.79 Å². The number of phenols is 1. The van der Waals surface area contributed by atoms with Gasteiger partial charge in [0.25, 0.3) is 0 Å². The number of esters is 1. The number of hydrogen-bond donors (Lipinski definition) is 2. The minimum Gasteiger partial charge on any atom is -0.507 e. The standard InChI is InChI=1S/C15H13NO3/c1-2-19-15(18)11-7-10-9-5-3-4-6-12(9)16-13(10)8-14(11)17/h3-8,16-17H,2H2,1H3. The highest BCUT2D eigenvalue weighted by atomic mass is 16.5. The summed E-state index contributed by atoms with van der Waals surface area (Å²) in [5.41, 5.74) is 1.96. The zero-order valence-corrected chi connectivity index (χ0v) is 10.4. The SMILES string of the molecule is CCOC(=O)c1cc2c(cc1O)[nH]c1ccccc12. The lowest BCUT2D eigenvalue weighted by Gasteiger charge is -2.04. The summed E-state index contributed by atoms with van der Waals surface area (Å²) in [5.74, 6) is -0.579. The van der Waals surface area contributed by atoms with Crippen molar-refractivity contribution in [1.29, 1.82) is 0 Å². The van der Waals surface area contributed by atoms with Crippen LogP contribution in [0.15, 0.2) is 36.4 Å². The van der Waals surface area contributed by atoms with E-state index in [0.29, 0.717) is 0 Å². The van der Waals surface area contributed by atoms with Crippen LogP contribution in [0.25, 0.3) is 21.8 Å². The maximum Gasteiger partial charge on any atom is 0.341 e. The van der Waals surface area contributed by atoms with Gasteiger partial charge in [0.1, 0.15) is 11.3 Å². The first kappa shape index (κ1) is 11.6. The van der Waals surface area contributed by atoms with Gasteiger partial charge in [-0.2, -0.15) is 0 Å². The molecule has 3 rings (SSSR count). The number of ether oxygens (including phenoxy) is 1. The van der Waals surface area contributed by atoms with Crippen molar-refractivity contribution in [2.45, 2.75) is 6.92 Å². The average Bonchev–Trinajstić information content (AvgIpc) is 2.75. The monoisotopic (exact) mass is 255 g/mol.